The van der Waals surface area contributed by atoms with Crippen molar-refractivity contribution in [2.24, 2.45) is 0 Å². The molecule has 1 fully saturated rings. The van der Waals surface area contributed by atoms with Crippen LogP contribution in [-0.4, -0.2) is 45.8 Å². The molecule has 2 aromatic carbocycles. The highest BCUT2D eigenvalue weighted by molar-refractivity contribution is 6.15. The molecular weight excluding hydrogens is 390 g/mol. The molecule has 1 atom stereocenters. The molecule has 3 aromatic rings. The van der Waals surface area contributed by atoms with Crippen LogP contribution < -0.4 is 4.74 Å². The average molecular weight is 415 g/mol. The molecule has 1 saturated heterocycles. The lowest BCUT2D eigenvalue weighted by Crippen LogP contribution is -2.44. The quantitative estimate of drug-likeness (QED) is 0.589. The predicted molar refractivity (Wildman–Crippen MR) is 117 cm³/mol. The van der Waals surface area contributed by atoms with Crippen LogP contribution in [0.3, 0.4) is 0 Å². The number of carbonyl (C=O) groups excluding carboxylic acids is 2. The maximum atomic E-state index is 13.4. The van der Waals surface area contributed by atoms with Crippen LogP contribution in [0.25, 0.3) is 0 Å². The zero-order chi connectivity index (χ0) is 21.8. The van der Waals surface area contributed by atoms with Gasteiger partial charge in [0.1, 0.15) is 11.9 Å². The number of amides is 1. The third kappa shape index (κ3) is 4.79. The Morgan fingerprint density at radius 3 is 2.42 bits per heavy atom. The summed E-state index contributed by atoms with van der Waals surface area (Å²) >= 11 is 0. The number of likely N-dealkylation sites (tertiary alicyclic amines) is 1. The first-order valence-electron chi connectivity index (χ1n) is 10.5. The van der Waals surface area contributed by atoms with Crippen molar-refractivity contribution in [3.8, 4) is 5.88 Å². The Morgan fingerprint density at radius 2 is 1.68 bits per heavy atom. The topological polar surface area (TPSA) is 72.4 Å². The van der Waals surface area contributed by atoms with E-state index in [1.165, 1.54) is 0 Å². The fourth-order valence-corrected chi connectivity index (χ4v) is 3.92. The van der Waals surface area contributed by atoms with Crippen molar-refractivity contribution in [2.45, 2.75) is 32.8 Å². The van der Waals surface area contributed by atoms with Crippen molar-refractivity contribution in [3.05, 3.63) is 88.9 Å². The van der Waals surface area contributed by atoms with E-state index in [1.54, 1.807) is 41.3 Å². The predicted octanol–water partition coefficient (Wildman–Crippen LogP) is 4.01. The van der Waals surface area contributed by atoms with E-state index in [0.29, 0.717) is 41.5 Å². The van der Waals surface area contributed by atoms with Crippen LogP contribution in [0.15, 0.2) is 60.7 Å². The molecule has 0 N–H and O–H groups in total. The van der Waals surface area contributed by atoms with E-state index >= 15 is 0 Å². The zero-order valence-electron chi connectivity index (χ0n) is 17.7. The van der Waals surface area contributed by atoms with Gasteiger partial charge in [0.25, 0.3) is 5.91 Å². The number of aryl methyl sites for hydroxylation is 2. The molecule has 0 spiro atoms. The van der Waals surface area contributed by atoms with Gasteiger partial charge in [-0.3, -0.25) is 9.59 Å². The van der Waals surface area contributed by atoms with Crippen LogP contribution >= 0.6 is 0 Å². The van der Waals surface area contributed by atoms with Gasteiger partial charge >= 0.3 is 0 Å². The number of ether oxygens (including phenoxy) is 1. The number of hydrogen-bond donors (Lipinski definition) is 0. The second kappa shape index (κ2) is 9.08. The minimum atomic E-state index is -0.152. The molecule has 1 aromatic heterocycles. The Kier molecular flexibility index (Phi) is 6.07. The third-order valence-electron chi connectivity index (χ3n) is 5.33. The normalized spacial score (nSPS) is 16.1. The smallest absolute Gasteiger partial charge is 0.254 e. The number of ketones is 1. The minimum absolute atomic E-state index is 0.150. The van der Waals surface area contributed by atoms with Gasteiger partial charge in [-0.15, -0.1) is 0 Å². The van der Waals surface area contributed by atoms with Crippen LogP contribution in [0.4, 0.5) is 0 Å². The van der Waals surface area contributed by atoms with Crippen molar-refractivity contribution in [1.29, 1.82) is 0 Å². The monoisotopic (exact) mass is 415 g/mol. The number of hydrogen-bond acceptors (Lipinski definition) is 5. The van der Waals surface area contributed by atoms with Crippen molar-refractivity contribution >= 4 is 11.7 Å². The summed E-state index contributed by atoms with van der Waals surface area (Å²) in [6, 6.07) is 17.9. The Bertz CT molecular complexity index is 1080. The van der Waals surface area contributed by atoms with Crippen LogP contribution in [0, 0.1) is 13.8 Å². The van der Waals surface area contributed by atoms with Crippen LogP contribution in [0.2, 0.25) is 0 Å². The molecule has 6 heteroatoms. The highest BCUT2D eigenvalue weighted by Gasteiger charge is 2.28. The SMILES string of the molecule is Cc1cc(O[C@H]2CCCN(C(=O)c3ccccc3C(=O)c3ccccc3)C2)nc(C)n1. The van der Waals surface area contributed by atoms with Crippen molar-refractivity contribution < 1.29 is 14.3 Å². The summed E-state index contributed by atoms with van der Waals surface area (Å²) in [5.74, 6) is 0.889. The fourth-order valence-electron chi connectivity index (χ4n) is 3.92. The van der Waals surface area contributed by atoms with Gasteiger partial charge in [0, 0.05) is 29.4 Å². The average Bonchev–Trinajstić information content (AvgIpc) is 2.78. The summed E-state index contributed by atoms with van der Waals surface area (Å²) < 4.78 is 6.07. The van der Waals surface area contributed by atoms with Crippen LogP contribution in [-0.2, 0) is 0 Å². The van der Waals surface area contributed by atoms with E-state index in [1.807, 2.05) is 38.1 Å². The second-order valence-electron chi connectivity index (χ2n) is 7.77. The Balaban J connectivity index is 1.52. The Hall–Kier alpha value is -3.54. The highest BCUT2D eigenvalue weighted by Crippen LogP contribution is 2.22. The molecule has 31 heavy (non-hydrogen) atoms. The molecule has 0 saturated carbocycles. The van der Waals surface area contributed by atoms with E-state index < -0.39 is 0 Å². The number of aromatic nitrogens is 2. The molecule has 0 unspecified atom stereocenters. The van der Waals surface area contributed by atoms with Crippen LogP contribution in [0.5, 0.6) is 5.88 Å². The second-order valence-corrected chi connectivity index (χ2v) is 7.77. The van der Waals surface area contributed by atoms with Gasteiger partial charge in [-0.05, 0) is 32.8 Å². The van der Waals surface area contributed by atoms with E-state index in [-0.39, 0.29) is 17.8 Å². The first-order chi connectivity index (χ1) is 15.0. The van der Waals surface area contributed by atoms with Gasteiger partial charge in [0.05, 0.1) is 12.1 Å². The molecule has 1 aliphatic rings. The molecule has 158 valence electrons. The number of piperidine rings is 1. The Morgan fingerprint density at radius 1 is 0.968 bits per heavy atom. The van der Waals surface area contributed by atoms with Gasteiger partial charge in [-0.1, -0.05) is 48.5 Å². The maximum absolute atomic E-state index is 13.4. The van der Waals surface area contributed by atoms with Crippen molar-refractivity contribution in [1.82, 2.24) is 14.9 Å². The first kappa shape index (κ1) is 20.7. The molecule has 6 nitrogen and oxygen atoms in total. The molecule has 0 aliphatic carbocycles. The summed E-state index contributed by atoms with van der Waals surface area (Å²) in [7, 11) is 0. The zero-order valence-corrected chi connectivity index (χ0v) is 17.7. The van der Waals surface area contributed by atoms with E-state index in [4.69, 9.17) is 4.74 Å². The minimum Gasteiger partial charge on any atom is -0.472 e. The lowest BCUT2D eigenvalue weighted by molar-refractivity contribution is 0.0525. The lowest BCUT2D eigenvalue weighted by atomic mass is 9.97. The van der Waals surface area contributed by atoms with Gasteiger partial charge in [-0.25, -0.2) is 4.98 Å². The van der Waals surface area contributed by atoms with Gasteiger partial charge < -0.3 is 9.64 Å². The summed E-state index contributed by atoms with van der Waals surface area (Å²) in [6.45, 7) is 4.82. The van der Waals surface area contributed by atoms with Gasteiger partial charge in [-0.2, -0.15) is 4.98 Å². The summed E-state index contributed by atoms with van der Waals surface area (Å²) in [6.07, 6.45) is 1.52. The number of nitrogens with zero attached hydrogens (tertiary/aromatic N) is 3. The molecule has 2 heterocycles. The first-order valence-corrected chi connectivity index (χ1v) is 10.5. The summed E-state index contributed by atoms with van der Waals surface area (Å²) in [4.78, 5) is 36.8. The molecule has 0 radical (unpaired) electrons. The van der Waals surface area contributed by atoms with E-state index in [0.717, 1.165) is 18.5 Å². The molecule has 4 rings (SSSR count). The lowest BCUT2D eigenvalue weighted by Gasteiger charge is -2.33. The maximum Gasteiger partial charge on any atom is 0.254 e. The largest absolute Gasteiger partial charge is 0.472 e. The Labute approximate surface area is 181 Å². The standard InChI is InChI=1S/C25H25N3O3/c1-17-15-23(27-18(2)26-17)31-20-11-8-14-28(16-20)25(30)22-13-7-6-12-21(22)24(29)19-9-4-3-5-10-19/h3-7,9-10,12-13,15,20H,8,11,14,16H2,1-2H3/t20-/m0/s1. The molecule has 1 aliphatic heterocycles. The van der Waals surface area contributed by atoms with Crippen LogP contribution in [0.1, 0.15) is 50.6 Å². The highest BCUT2D eigenvalue weighted by atomic mass is 16.5. The third-order valence-corrected chi connectivity index (χ3v) is 5.33. The van der Waals surface area contributed by atoms with Crippen molar-refractivity contribution in [2.75, 3.05) is 13.1 Å². The van der Waals surface area contributed by atoms with Gasteiger partial charge in [0.15, 0.2) is 5.78 Å². The van der Waals surface area contributed by atoms with Crippen molar-refractivity contribution in [3.63, 3.8) is 0 Å². The van der Waals surface area contributed by atoms with Gasteiger partial charge in [0.2, 0.25) is 5.88 Å². The molecule has 0 bridgehead atoms. The number of carbonyl (C=O) groups is 2. The number of rotatable bonds is 5. The van der Waals surface area contributed by atoms with E-state index in [9.17, 15) is 9.59 Å². The molecule has 1 amide bonds. The summed E-state index contributed by atoms with van der Waals surface area (Å²) in [5, 5.41) is 0. The number of benzene rings is 2. The fraction of sp³-hybridized carbons (Fsp3) is 0.280. The summed E-state index contributed by atoms with van der Waals surface area (Å²) in [5.41, 5.74) is 2.26. The molecular formula is C25H25N3O3. The van der Waals surface area contributed by atoms with E-state index in [2.05, 4.69) is 9.97 Å².